The highest BCUT2D eigenvalue weighted by Gasteiger charge is 2.26. The maximum Gasteiger partial charge on any atom is 0.345 e. The Hall–Kier alpha value is -1.64. The number of nitrogens with zero attached hydrogens (tertiary/aromatic N) is 1. The van der Waals surface area contributed by atoms with Crippen molar-refractivity contribution in [1.29, 1.82) is 0 Å². The fourth-order valence-corrected chi connectivity index (χ4v) is 1.38. The van der Waals surface area contributed by atoms with E-state index in [4.69, 9.17) is 4.74 Å². The smallest absolute Gasteiger partial charge is 0.345 e. The fourth-order valence-electron chi connectivity index (χ4n) is 1.38. The monoisotopic (exact) mass is 189 g/mol. The van der Waals surface area contributed by atoms with Crippen LogP contribution < -0.4 is 0 Å². The van der Waals surface area contributed by atoms with Crippen LogP contribution in [0.5, 0.6) is 0 Å². The average molecular weight is 189 g/mol. The van der Waals surface area contributed by atoms with E-state index in [2.05, 4.69) is 4.99 Å². The van der Waals surface area contributed by atoms with Crippen molar-refractivity contribution in [2.75, 3.05) is 0 Å². The van der Waals surface area contributed by atoms with E-state index in [1.165, 1.54) is 0 Å². The topological polar surface area (TPSA) is 38.7 Å². The largest absolute Gasteiger partial charge is 0.404 e. The molecule has 0 radical (unpaired) electrons. The minimum Gasteiger partial charge on any atom is -0.404 e. The molecular weight excluding hydrogens is 178 g/mol. The number of rotatable bonds is 1. The first-order valence-electron chi connectivity index (χ1n) is 4.58. The van der Waals surface area contributed by atoms with E-state index in [0.29, 0.717) is 11.5 Å². The molecule has 0 unspecified atom stereocenters. The fraction of sp³-hybridized carbons (Fsp3) is 0.273. The SMILES string of the molecule is CC(C)/N=C1\OC(=O)c2ccccc21. The molecule has 1 aliphatic rings. The first kappa shape index (κ1) is 8.94. The van der Waals surface area contributed by atoms with Crippen LogP contribution in [-0.2, 0) is 4.74 Å². The molecule has 1 aromatic rings. The number of fused-ring (bicyclic) bond motifs is 1. The Kier molecular flexibility index (Phi) is 2.08. The Bertz CT molecular complexity index is 408. The third kappa shape index (κ3) is 1.41. The zero-order valence-corrected chi connectivity index (χ0v) is 8.15. The zero-order chi connectivity index (χ0) is 10.1. The predicted molar refractivity (Wildman–Crippen MR) is 53.5 cm³/mol. The summed E-state index contributed by atoms with van der Waals surface area (Å²) in [5, 5.41) is 0. The number of aliphatic imine (C=N–C) groups is 1. The molecule has 0 saturated heterocycles. The molecule has 0 bridgehead atoms. The Labute approximate surface area is 82.4 Å². The number of hydrogen-bond acceptors (Lipinski definition) is 3. The van der Waals surface area contributed by atoms with Crippen LogP contribution in [0, 0.1) is 0 Å². The molecule has 72 valence electrons. The number of ether oxygens (including phenoxy) is 1. The molecule has 2 rings (SSSR count). The van der Waals surface area contributed by atoms with Crippen molar-refractivity contribution in [3.8, 4) is 0 Å². The van der Waals surface area contributed by atoms with E-state index in [-0.39, 0.29) is 12.0 Å². The lowest BCUT2D eigenvalue weighted by Crippen LogP contribution is -2.04. The highest BCUT2D eigenvalue weighted by atomic mass is 16.5. The number of carbonyl (C=O) groups excluding carboxylic acids is 1. The lowest BCUT2D eigenvalue weighted by Gasteiger charge is -1.99. The molecule has 0 N–H and O–H groups in total. The molecule has 3 nitrogen and oxygen atoms in total. The van der Waals surface area contributed by atoms with Gasteiger partial charge in [0.25, 0.3) is 0 Å². The Morgan fingerprint density at radius 2 is 1.86 bits per heavy atom. The summed E-state index contributed by atoms with van der Waals surface area (Å²) >= 11 is 0. The summed E-state index contributed by atoms with van der Waals surface area (Å²) in [7, 11) is 0. The van der Waals surface area contributed by atoms with Gasteiger partial charge in [0, 0.05) is 6.04 Å². The van der Waals surface area contributed by atoms with Crippen LogP contribution in [0.4, 0.5) is 0 Å². The number of benzene rings is 1. The maximum absolute atomic E-state index is 11.4. The van der Waals surface area contributed by atoms with Gasteiger partial charge in [-0.25, -0.2) is 9.79 Å². The van der Waals surface area contributed by atoms with Crippen molar-refractivity contribution >= 4 is 11.9 Å². The normalized spacial score (nSPS) is 17.4. The van der Waals surface area contributed by atoms with Crippen LogP contribution in [0.15, 0.2) is 29.3 Å². The predicted octanol–water partition coefficient (Wildman–Crippen LogP) is 2.01. The van der Waals surface area contributed by atoms with Gasteiger partial charge >= 0.3 is 5.97 Å². The van der Waals surface area contributed by atoms with Crippen LogP contribution in [0.25, 0.3) is 0 Å². The molecule has 0 aromatic heterocycles. The summed E-state index contributed by atoms with van der Waals surface area (Å²) in [5.74, 6) is 0.139. The van der Waals surface area contributed by atoms with Crippen molar-refractivity contribution in [2.45, 2.75) is 19.9 Å². The van der Waals surface area contributed by atoms with Crippen molar-refractivity contribution < 1.29 is 9.53 Å². The molecule has 3 heteroatoms. The lowest BCUT2D eigenvalue weighted by molar-refractivity contribution is 0.0736. The molecule has 0 saturated carbocycles. The van der Waals surface area contributed by atoms with Gasteiger partial charge in [-0.2, -0.15) is 0 Å². The van der Waals surface area contributed by atoms with Gasteiger partial charge in [-0.15, -0.1) is 0 Å². The summed E-state index contributed by atoms with van der Waals surface area (Å²) in [6.07, 6.45) is 0. The summed E-state index contributed by atoms with van der Waals surface area (Å²) in [4.78, 5) is 15.6. The summed E-state index contributed by atoms with van der Waals surface area (Å²) in [5.41, 5.74) is 1.40. The Balaban J connectivity index is 2.49. The van der Waals surface area contributed by atoms with E-state index < -0.39 is 0 Å². The third-order valence-corrected chi connectivity index (χ3v) is 1.94. The first-order chi connectivity index (χ1) is 6.68. The summed E-state index contributed by atoms with van der Waals surface area (Å²) in [6.45, 7) is 3.89. The van der Waals surface area contributed by atoms with E-state index in [1.807, 2.05) is 32.0 Å². The molecular formula is C11H11NO2. The van der Waals surface area contributed by atoms with Crippen LogP contribution in [-0.4, -0.2) is 17.9 Å². The second kappa shape index (κ2) is 3.25. The van der Waals surface area contributed by atoms with Gasteiger partial charge in [0.1, 0.15) is 0 Å². The molecule has 14 heavy (non-hydrogen) atoms. The molecule has 0 fully saturated rings. The zero-order valence-electron chi connectivity index (χ0n) is 8.15. The van der Waals surface area contributed by atoms with Crippen molar-refractivity contribution in [3.63, 3.8) is 0 Å². The van der Waals surface area contributed by atoms with E-state index >= 15 is 0 Å². The Morgan fingerprint density at radius 3 is 2.50 bits per heavy atom. The van der Waals surface area contributed by atoms with Crippen molar-refractivity contribution in [1.82, 2.24) is 0 Å². The molecule has 1 aromatic carbocycles. The van der Waals surface area contributed by atoms with Gasteiger partial charge in [0.05, 0.1) is 11.1 Å². The Morgan fingerprint density at radius 1 is 1.21 bits per heavy atom. The second-order valence-electron chi connectivity index (χ2n) is 3.46. The molecule has 0 aliphatic carbocycles. The number of cyclic esters (lactones) is 1. The molecule has 0 amide bonds. The van der Waals surface area contributed by atoms with Gasteiger partial charge in [-0.3, -0.25) is 0 Å². The van der Waals surface area contributed by atoms with Crippen LogP contribution in [0.2, 0.25) is 0 Å². The maximum atomic E-state index is 11.4. The van der Waals surface area contributed by atoms with Crippen LogP contribution in [0.1, 0.15) is 29.8 Å². The van der Waals surface area contributed by atoms with Gasteiger partial charge in [0.15, 0.2) is 0 Å². The van der Waals surface area contributed by atoms with Crippen LogP contribution in [0.3, 0.4) is 0 Å². The minimum absolute atomic E-state index is 0.129. The highest BCUT2D eigenvalue weighted by Crippen LogP contribution is 2.20. The summed E-state index contributed by atoms with van der Waals surface area (Å²) < 4.78 is 5.05. The molecule has 1 aliphatic heterocycles. The molecule has 0 atom stereocenters. The van der Waals surface area contributed by atoms with Gasteiger partial charge in [-0.1, -0.05) is 12.1 Å². The quantitative estimate of drug-likeness (QED) is 0.634. The average Bonchev–Trinajstić information content (AvgIpc) is 2.44. The number of hydrogen-bond donors (Lipinski definition) is 0. The van der Waals surface area contributed by atoms with Gasteiger partial charge in [-0.05, 0) is 26.0 Å². The second-order valence-corrected chi connectivity index (χ2v) is 3.46. The van der Waals surface area contributed by atoms with E-state index in [9.17, 15) is 4.79 Å². The first-order valence-corrected chi connectivity index (χ1v) is 4.58. The van der Waals surface area contributed by atoms with Gasteiger partial charge in [0.2, 0.25) is 5.90 Å². The standard InChI is InChI=1S/C11H11NO2/c1-7(2)12-10-8-5-3-4-6-9(8)11(13)14-10/h3-7H,1-2H3/b12-10-. The van der Waals surface area contributed by atoms with Crippen LogP contribution >= 0.6 is 0 Å². The summed E-state index contributed by atoms with van der Waals surface area (Å²) in [6, 6.07) is 7.42. The third-order valence-electron chi connectivity index (χ3n) is 1.94. The van der Waals surface area contributed by atoms with E-state index in [0.717, 1.165) is 5.56 Å². The minimum atomic E-state index is -0.306. The lowest BCUT2D eigenvalue weighted by atomic mass is 10.1. The molecule has 1 heterocycles. The van der Waals surface area contributed by atoms with Crippen molar-refractivity contribution in [3.05, 3.63) is 35.4 Å². The highest BCUT2D eigenvalue weighted by molar-refractivity contribution is 6.16. The van der Waals surface area contributed by atoms with Gasteiger partial charge < -0.3 is 4.74 Å². The number of carbonyl (C=O) groups is 1. The molecule has 0 spiro atoms. The number of esters is 1. The van der Waals surface area contributed by atoms with Crippen molar-refractivity contribution in [2.24, 2.45) is 4.99 Å². The van der Waals surface area contributed by atoms with E-state index in [1.54, 1.807) is 6.07 Å².